The molecule has 0 aliphatic carbocycles. The van der Waals surface area contributed by atoms with Gasteiger partial charge < -0.3 is 19.4 Å². The molecule has 2 N–H and O–H groups in total. The maximum absolute atomic E-state index is 12.2. The van der Waals surface area contributed by atoms with Crippen LogP contribution in [0.15, 0.2) is 65.6 Å². The highest BCUT2D eigenvalue weighted by Gasteiger charge is 2.22. The highest BCUT2D eigenvalue weighted by molar-refractivity contribution is 5.96. The third kappa shape index (κ3) is 4.41. The molecule has 5 aromatic rings. The number of H-pyrrole nitrogens is 2. The molecule has 0 bridgehead atoms. The van der Waals surface area contributed by atoms with Crippen LogP contribution in [0.2, 0.25) is 0 Å². The van der Waals surface area contributed by atoms with Gasteiger partial charge in [0.05, 0.1) is 11.0 Å². The van der Waals surface area contributed by atoms with Crippen molar-refractivity contribution in [3.05, 3.63) is 88.1 Å². The van der Waals surface area contributed by atoms with Crippen molar-refractivity contribution in [1.29, 1.82) is 0 Å². The number of nitrogens with one attached hydrogen (secondary N) is 2. The number of hydrogen-bond acceptors (Lipinski definition) is 4. The SMILES string of the molecule is CN(C)C(=O)c1ccc(C2CCN(Cc3cc4c(-c5ccc6[nH]c(=O)[nH]c6c5)ccnc4n3C)CC2)cc1. The zero-order valence-electron chi connectivity index (χ0n) is 22.0. The maximum Gasteiger partial charge on any atom is 0.323 e. The van der Waals surface area contributed by atoms with E-state index in [1.165, 1.54) is 11.3 Å². The van der Waals surface area contributed by atoms with Gasteiger partial charge in [0.1, 0.15) is 5.65 Å². The standard InChI is InChI=1S/C30H32N6O2/c1-34(2)29(37)21-6-4-19(5-7-21)20-11-14-36(15-12-20)18-23-17-25-24(10-13-31-28(25)35(23)3)22-8-9-26-27(16-22)33-30(38)32-26/h4-10,13,16-17,20H,11-12,14-15,18H2,1-3H3,(H2,32,33,38). The van der Waals surface area contributed by atoms with Gasteiger partial charge in [-0.1, -0.05) is 18.2 Å². The molecular weight excluding hydrogens is 476 g/mol. The molecule has 194 valence electrons. The minimum absolute atomic E-state index is 0.0407. The Morgan fingerprint density at radius 1 is 1.00 bits per heavy atom. The minimum atomic E-state index is -0.195. The summed E-state index contributed by atoms with van der Waals surface area (Å²) in [6.07, 6.45) is 4.06. The van der Waals surface area contributed by atoms with Crippen molar-refractivity contribution >= 4 is 28.0 Å². The molecule has 1 fully saturated rings. The maximum atomic E-state index is 12.2. The van der Waals surface area contributed by atoms with Crippen molar-refractivity contribution in [3.63, 3.8) is 0 Å². The molecule has 0 atom stereocenters. The number of imidazole rings is 1. The number of carbonyl (C=O) groups excluding carboxylic acids is 1. The first-order chi connectivity index (χ1) is 18.4. The van der Waals surface area contributed by atoms with Gasteiger partial charge in [-0.15, -0.1) is 0 Å². The monoisotopic (exact) mass is 508 g/mol. The van der Waals surface area contributed by atoms with E-state index in [4.69, 9.17) is 0 Å². The summed E-state index contributed by atoms with van der Waals surface area (Å²) in [6, 6.07) is 18.4. The second-order valence-electron chi connectivity index (χ2n) is 10.5. The average Bonchev–Trinajstić information content (AvgIpc) is 3.46. The molecular formula is C30H32N6O2. The first-order valence-electron chi connectivity index (χ1n) is 13.1. The van der Waals surface area contributed by atoms with Crippen LogP contribution in [0.5, 0.6) is 0 Å². The summed E-state index contributed by atoms with van der Waals surface area (Å²) in [7, 11) is 5.65. The second-order valence-corrected chi connectivity index (χ2v) is 10.5. The summed E-state index contributed by atoms with van der Waals surface area (Å²) in [5, 5.41) is 1.12. The van der Waals surface area contributed by atoms with E-state index in [-0.39, 0.29) is 11.6 Å². The van der Waals surface area contributed by atoms with E-state index < -0.39 is 0 Å². The van der Waals surface area contributed by atoms with E-state index in [0.29, 0.717) is 5.92 Å². The van der Waals surface area contributed by atoms with Crippen LogP contribution in [-0.2, 0) is 13.6 Å². The molecule has 0 unspecified atom stereocenters. The van der Waals surface area contributed by atoms with Gasteiger partial charge in [-0.05, 0) is 84.9 Å². The van der Waals surface area contributed by atoms with Crippen molar-refractivity contribution in [2.75, 3.05) is 27.2 Å². The van der Waals surface area contributed by atoms with Gasteiger partial charge in [-0.3, -0.25) is 9.69 Å². The fourth-order valence-corrected chi connectivity index (χ4v) is 5.68. The average molecular weight is 509 g/mol. The molecule has 3 aromatic heterocycles. The zero-order valence-corrected chi connectivity index (χ0v) is 22.0. The summed E-state index contributed by atoms with van der Waals surface area (Å²) in [5.41, 5.74) is 7.82. The number of fused-ring (bicyclic) bond motifs is 2. The number of aryl methyl sites for hydroxylation is 1. The third-order valence-electron chi connectivity index (χ3n) is 7.86. The number of nitrogens with zero attached hydrogens (tertiary/aromatic N) is 4. The van der Waals surface area contributed by atoms with Crippen LogP contribution >= 0.6 is 0 Å². The molecule has 0 saturated carbocycles. The Morgan fingerprint density at radius 3 is 2.47 bits per heavy atom. The van der Waals surface area contributed by atoms with Crippen molar-refractivity contribution in [2.24, 2.45) is 7.05 Å². The molecule has 6 rings (SSSR count). The molecule has 38 heavy (non-hydrogen) atoms. The summed E-state index contributed by atoms with van der Waals surface area (Å²) >= 11 is 0. The fourth-order valence-electron chi connectivity index (χ4n) is 5.68. The van der Waals surface area contributed by atoms with Crippen LogP contribution in [-0.4, -0.2) is 62.4 Å². The summed E-state index contributed by atoms with van der Waals surface area (Å²) in [4.78, 5) is 38.4. The zero-order chi connectivity index (χ0) is 26.4. The van der Waals surface area contributed by atoms with E-state index in [9.17, 15) is 9.59 Å². The van der Waals surface area contributed by atoms with E-state index in [0.717, 1.165) is 71.2 Å². The second kappa shape index (κ2) is 9.61. The summed E-state index contributed by atoms with van der Waals surface area (Å²) < 4.78 is 2.20. The van der Waals surface area contributed by atoms with Crippen LogP contribution in [0.4, 0.5) is 0 Å². The van der Waals surface area contributed by atoms with Gasteiger partial charge in [0.2, 0.25) is 0 Å². The molecule has 1 amide bonds. The number of aromatic amines is 2. The number of amides is 1. The molecule has 1 aliphatic rings. The molecule has 4 heterocycles. The number of benzene rings is 2. The highest BCUT2D eigenvalue weighted by Crippen LogP contribution is 2.33. The van der Waals surface area contributed by atoms with Gasteiger partial charge in [-0.2, -0.15) is 0 Å². The van der Waals surface area contributed by atoms with Gasteiger partial charge in [-0.25, -0.2) is 9.78 Å². The van der Waals surface area contributed by atoms with Crippen molar-refractivity contribution in [3.8, 4) is 11.1 Å². The van der Waals surface area contributed by atoms with Gasteiger partial charge in [0.15, 0.2) is 0 Å². The largest absolute Gasteiger partial charge is 0.345 e. The van der Waals surface area contributed by atoms with Crippen LogP contribution in [0, 0.1) is 0 Å². The number of carbonyl (C=O) groups is 1. The lowest BCUT2D eigenvalue weighted by molar-refractivity contribution is 0.0827. The Balaban J connectivity index is 1.18. The first kappa shape index (κ1) is 24.2. The van der Waals surface area contributed by atoms with Gasteiger partial charge >= 0.3 is 5.69 Å². The van der Waals surface area contributed by atoms with Crippen LogP contribution in [0.25, 0.3) is 33.2 Å². The molecule has 2 aromatic carbocycles. The van der Waals surface area contributed by atoms with Gasteiger partial charge in [0, 0.05) is 50.5 Å². The number of hydrogen-bond donors (Lipinski definition) is 2. The minimum Gasteiger partial charge on any atom is -0.345 e. The smallest absolute Gasteiger partial charge is 0.323 e. The predicted octanol–water partition coefficient (Wildman–Crippen LogP) is 4.49. The molecule has 0 radical (unpaired) electrons. The number of aromatic nitrogens is 4. The van der Waals surface area contributed by atoms with Crippen molar-refractivity contribution < 1.29 is 4.79 Å². The van der Waals surface area contributed by atoms with Gasteiger partial charge in [0.25, 0.3) is 5.91 Å². The Labute approximate surface area is 220 Å². The lowest BCUT2D eigenvalue weighted by Gasteiger charge is -2.32. The normalized spacial score (nSPS) is 14.9. The molecule has 8 nitrogen and oxygen atoms in total. The van der Waals surface area contributed by atoms with Crippen LogP contribution < -0.4 is 5.69 Å². The number of piperidine rings is 1. The Morgan fingerprint density at radius 2 is 1.74 bits per heavy atom. The topological polar surface area (TPSA) is 90.0 Å². The van der Waals surface area contributed by atoms with E-state index in [1.54, 1.807) is 19.0 Å². The summed E-state index contributed by atoms with van der Waals surface area (Å²) in [5.74, 6) is 0.559. The Hall–Kier alpha value is -4.17. The summed E-state index contributed by atoms with van der Waals surface area (Å²) in [6.45, 7) is 2.93. The lowest BCUT2D eigenvalue weighted by Crippen LogP contribution is -2.33. The lowest BCUT2D eigenvalue weighted by atomic mass is 9.89. The number of pyridine rings is 1. The van der Waals surface area contributed by atoms with Crippen LogP contribution in [0.1, 0.15) is 40.4 Å². The highest BCUT2D eigenvalue weighted by atomic mass is 16.2. The van der Waals surface area contributed by atoms with E-state index in [1.807, 2.05) is 42.6 Å². The van der Waals surface area contributed by atoms with E-state index in [2.05, 4.69) is 49.7 Å². The molecule has 1 aliphatic heterocycles. The van der Waals surface area contributed by atoms with Crippen molar-refractivity contribution in [1.82, 2.24) is 29.3 Å². The number of likely N-dealkylation sites (tertiary alicyclic amines) is 1. The Kier molecular flexibility index (Phi) is 6.12. The van der Waals surface area contributed by atoms with Crippen molar-refractivity contribution in [2.45, 2.75) is 25.3 Å². The van der Waals surface area contributed by atoms with E-state index >= 15 is 0 Å². The predicted molar refractivity (Wildman–Crippen MR) is 150 cm³/mol. The quantitative estimate of drug-likeness (QED) is 0.366. The fraction of sp³-hybridized carbons (Fsp3) is 0.300. The third-order valence-corrected chi connectivity index (χ3v) is 7.86. The Bertz CT molecular complexity index is 1680. The molecule has 8 heteroatoms. The first-order valence-corrected chi connectivity index (χ1v) is 13.1. The molecule has 1 saturated heterocycles. The molecule has 0 spiro atoms. The number of rotatable bonds is 5. The van der Waals surface area contributed by atoms with Crippen LogP contribution in [0.3, 0.4) is 0 Å².